The first kappa shape index (κ1) is 70.8. The number of aromatic nitrogens is 9. The highest BCUT2D eigenvalue weighted by Crippen LogP contribution is 2.32. The smallest absolute Gasteiger partial charge is 0.263 e. The molecule has 23 heteroatoms. The third kappa shape index (κ3) is 18.4. The Balaban J connectivity index is 0.000000170. The molecule has 0 aliphatic rings. The molecule has 11 aromatic rings. The molecule has 5 aromatic carbocycles. The van der Waals surface area contributed by atoms with Crippen molar-refractivity contribution in [1.29, 1.82) is 0 Å². The normalized spacial score (nSPS) is 11.7. The minimum atomic E-state index is -3.72. The molecule has 490 valence electrons. The molecule has 0 spiro atoms. The third-order valence-electron chi connectivity index (χ3n) is 15.4. The van der Waals surface area contributed by atoms with Gasteiger partial charge in [0.2, 0.25) is 20.9 Å². The lowest BCUT2D eigenvalue weighted by Gasteiger charge is -2.26. The van der Waals surface area contributed by atoms with Gasteiger partial charge >= 0.3 is 0 Å². The summed E-state index contributed by atoms with van der Waals surface area (Å²) < 4.78 is 68.0. The molecule has 95 heavy (non-hydrogen) atoms. The van der Waals surface area contributed by atoms with E-state index in [-0.39, 0.29) is 45.2 Å². The van der Waals surface area contributed by atoms with Gasteiger partial charge in [-0.25, -0.2) is 36.5 Å². The maximum Gasteiger partial charge on any atom is 0.263 e. The number of hydrogen-bond donors (Lipinski definition) is 2. The van der Waals surface area contributed by atoms with Gasteiger partial charge in [-0.2, -0.15) is 0 Å². The van der Waals surface area contributed by atoms with E-state index in [0.717, 1.165) is 34.8 Å². The van der Waals surface area contributed by atoms with Crippen molar-refractivity contribution in [3.8, 4) is 67.2 Å². The summed E-state index contributed by atoms with van der Waals surface area (Å²) >= 11 is 1.40. The lowest BCUT2D eigenvalue weighted by molar-refractivity contribution is 0.298. The van der Waals surface area contributed by atoms with Crippen LogP contribution in [0.5, 0.6) is 0 Å². The Bertz CT molecular complexity index is 4620. The number of likely N-dealkylation sites (N-methyl/N-ethyl adjacent to an activating group) is 2. The van der Waals surface area contributed by atoms with Crippen molar-refractivity contribution < 1.29 is 21.6 Å². The van der Waals surface area contributed by atoms with Crippen LogP contribution in [0.2, 0.25) is 0 Å². The Kier molecular flexibility index (Phi) is 24.7. The molecule has 0 aliphatic heterocycles. The van der Waals surface area contributed by atoms with Crippen LogP contribution in [0.3, 0.4) is 0 Å². The van der Waals surface area contributed by atoms with Gasteiger partial charge in [0.1, 0.15) is 17.5 Å². The predicted octanol–water partition coefficient (Wildman–Crippen LogP) is 10.8. The van der Waals surface area contributed by atoms with Gasteiger partial charge in [-0.1, -0.05) is 109 Å². The molecule has 0 unspecified atom stereocenters. The standard InChI is InChI=1S/C27H28FN5O.C17H14FN3O3S.C17H14FN3OS.C11H18N2/c1-32(2)23(17-19-7-5-4-6-8-19)18-30-27-31-25(21-13-15-29-16-14-21)24(26(34)33(27)3)20-9-11-22(28)12-10-20;1-21-16(22)14(11-3-5-13(18)6-4-11)15(12-7-9-19-10-8-12)20-17(21)25(2,23)24;1-21-16(22)14(11-3-5-13(18)6-4-11)15(20-17(21)23-2)12-7-9-19-10-8-12;1-13(2)11(9-12)8-10-6-4-3-5-7-10/h4-16,23H,17-18H2,1-3H3,(H,30,31);3-10H,1-2H3;3-10H,1-2H3;3-7,11H,8-9,12H2,1-2H3/t23-;;;11-/m0..0/s1. The molecule has 0 saturated heterocycles. The molecule has 0 bridgehead atoms. The molecule has 0 aliphatic carbocycles. The summed E-state index contributed by atoms with van der Waals surface area (Å²) in [6.07, 6.45) is 14.4. The van der Waals surface area contributed by atoms with Crippen molar-refractivity contribution in [2.24, 2.45) is 26.9 Å². The maximum atomic E-state index is 13.5. The zero-order valence-corrected chi connectivity index (χ0v) is 55.7. The first-order chi connectivity index (χ1) is 45.6. The maximum absolute atomic E-state index is 13.5. The molecule has 6 heterocycles. The van der Waals surface area contributed by atoms with Gasteiger partial charge < -0.3 is 20.9 Å². The Hall–Kier alpha value is -10.0. The monoisotopic (exact) mass is 1320 g/mol. The molecular formula is C72H74F3N13O5S2. The summed E-state index contributed by atoms with van der Waals surface area (Å²) in [4.78, 5) is 69.2. The lowest BCUT2D eigenvalue weighted by atomic mass is 10.0. The molecule has 3 N–H and O–H groups in total. The van der Waals surface area contributed by atoms with E-state index in [0.29, 0.717) is 75.0 Å². The highest BCUT2D eigenvalue weighted by Gasteiger charge is 2.24. The van der Waals surface area contributed by atoms with Crippen molar-refractivity contribution in [1.82, 2.24) is 53.4 Å². The van der Waals surface area contributed by atoms with Gasteiger partial charge in [0.15, 0.2) is 5.16 Å². The zero-order valence-electron chi connectivity index (χ0n) is 54.1. The number of benzene rings is 5. The SMILES string of the molecule is CN(C)[C@H](CN)Cc1ccccc1.CN(C)[C@H](CNc1nc(-c2ccncc2)c(-c2ccc(F)cc2)c(=O)n1C)Cc1ccccc1.CSc1nc(-c2ccncc2)c(-c2ccc(F)cc2)c(=O)n1C.Cn1c(S(C)(=O)=O)nc(-c2ccncc2)c(-c2ccc(F)cc2)c1=O. The van der Waals surface area contributed by atoms with E-state index in [4.69, 9.17) is 10.7 Å². The number of hydrogen-bond acceptors (Lipinski definition) is 16. The van der Waals surface area contributed by atoms with E-state index < -0.39 is 21.2 Å². The molecule has 0 radical (unpaired) electrons. The fourth-order valence-electron chi connectivity index (χ4n) is 10.1. The third-order valence-corrected chi connectivity index (χ3v) is 17.2. The number of rotatable bonds is 18. The number of pyridine rings is 3. The second kappa shape index (κ2) is 33.2. The van der Waals surface area contributed by atoms with Crippen molar-refractivity contribution in [2.75, 3.05) is 59.1 Å². The summed E-state index contributed by atoms with van der Waals surface area (Å²) in [6.45, 7) is 1.32. The fourth-order valence-corrected chi connectivity index (χ4v) is 11.5. The van der Waals surface area contributed by atoms with Crippen molar-refractivity contribution in [3.63, 3.8) is 0 Å². The van der Waals surface area contributed by atoms with E-state index in [1.807, 2.05) is 56.7 Å². The van der Waals surface area contributed by atoms with Crippen LogP contribution >= 0.6 is 11.8 Å². The van der Waals surface area contributed by atoms with Crippen LogP contribution in [-0.2, 0) is 43.8 Å². The van der Waals surface area contributed by atoms with Crippen LogP contribution in [0.4, 0.5) is 19.1 Å². The summed E-state index contributed by atoms with van der Waals surface area (Å²) in [6, 6.07) is 49.1. The zero-order chi connectivity index (χ0) is 68.3. The first-order valence-corrected chi connectivity index (χ1v) is 33.1. The minimum absolute atomic E-state index is 0.164. The molecule has 18 nitrogen and oxygen atoms in total. The first-order valence-electron chi connectivity index (χ1n) is 30.0. The molecular weight excluding hydrogens is 1250 g/mol. The Morgan fingerprint density at radius 2 is 0.821 bits per heavy atom. The largest absolute Gasteiger partial charge is 0.354 e. The van der Waals surface area contributed by atoms with Crippen molar-refractivity contribution >= 4 is 27.5 Å². The number of nitrogens with zero attached hydrogens (tertiary/aromatic N) is 11. The van der Waals surface area contributed by atoms with E-state index in [1.54, 1.807) is 87.4 Å². The highest BCUT2D eigenvalue weighted by atomic mass is 32.2. The predicted molar refractivity (Wildman–Crippen MR) is 372 cm³/mol. The number of nitrogens with one attached hydrogen (secondary N) is 1. The average molecular weight is 1320 g/mol. The summed E-state index contributed by atoms with van der Waals surface area (Å²) in [5, 5.41) is 3.67. The van der Waals surface area contributed by atoms with Crippen LogP contribution in [0.1, 0.15) is 11.1 Å². The number of nitrogens with two attached hydrogens (primary N) is 1. The lowest BCUT2D eigenvalue weighted by Crippen LogP contribution is -2.37. The van der Waals surface area contributed by atoms with Crippen molar-refractivity contribution in [2.45, 2.75) is 35.2 Å². The van der Waals surface area contributed by atoms with Crippen LogP contribution in [0, 0.1) is 17.5 Å². The van der Waals surface area contributed by atoms with Gasteiger partial charge in [-0.05, 0) is 148 Å². The number of thioether (sulfide) groups is 1. The van der Waals surface area contributed by atoms with Crippen LogP contribution < -0.4 is 27.7 Å². The second-order valence-electron chi connectivity index (χ2n) is 22.4. The fraction of sp³-hybridized carbons (Fsp3) is 0.208. The molecule has 0 amide bonds. The molecule has 11 rings (SSSR count). The van der Waals surface area contributed by atoms with Gasteiger partial charge in [0, 0.05) is 106 Å². The van der Waals surface area contributed by atoms with Crippen molar-refractivity contribution in [3.05, 3.63) is 267 Å². The molecule has 2 atom stereocenters. The molecule has 0 saturated carbocycles. The van der Waals surface area contributed by atoms with Crippen LogP contribution in [0.15, 0.2) is 232 Å². The number of sulfone groups is 1. The average Bonchev–Trinajstić information content (AvgIpc) is 0.799. The van der Waals surface area contributed by atoms with Gasteiger partial charge in [0.05, 0.1) is 33.8 Å². The minimum Gasteiger partial charge on any atom is -0.354 e. The highest BCUT2D eigenvalue weighted by molar-refractivity contribution is 7.98. The van der Waals surface area contributed by atoms with Gasteiger partial charge in [0.25, 0.3) is 16.7 Å². The summed E-state index contributed by atoms with van der Waals surface area (Å²) in [5.41, 5.74) is 13.6. The van der Waals surface area contributed by atoms with Crippen LogP contribution in [-0.4, -0.2) is 128 Å². The van der Waals surface area contributed by atoms with E-state index in [1.165, 1.54) is 100.0 Å². The quantitative estimate of drug-likeness (QED) is 0.0602. The van der Waals surface area contributed by atoms with Gasteiger partial charge in [-0.15, -0.1) is 0 Å². The number of anilines is 1. The second-order valence-corrected chi connectivity index (χ2v) is 25.1. The van der Waals surface area contributed by atoms with E-state index >= 15 is 0 Å². The van der Waals surface area contributed by atoms with Crippen LogP contribution in [0.25, 0.3) is 67.2 Å². The molecule has 0 fully saturated rings. The Morgan fingerprint density at radius 1 is 0.474 bits per heavy atom. The Labute approximate surface area is 554 Å². The Morgan fingerprint density at radius 3 is 1.18 bits per heavy atom. The summed E-state index contributed by atoms with van der Waals surface area (Å²) in [7, 11) is 9.24. The van der Waals surface area contributed by atoms with E-state index in [9.17, 15) is 36.0 Å². The van der Waals surface area contributed by atoms with Gasteiger partial charge in [-0.3, -0.25) is 43.0 Å². The number of halogens is 3. The van der Waals surface area contributed by atoms with E-state index in [2.05, 4.69) is 90.5 Å². The summed E-state index contributed by atoms with van der Waals surface area (Å²) in [5.74, 6) is -0.663. The topological polar surface area (TPSA) is 222 Å². The molecule has 6 aromatic heterocycles.